The average Bonchev–Trinajstić information content (AvgIpc) is 2.84. The number of carbonyl (C=O) groups is 1. The summed E-state index contributed by atoms with van der Waals surface area (Å²) in [4.78, 5) is 11.5. The van der Waals surface area contributed by atoms with E-state index in [1.54, 1.807) is 30.4 Å². The van der Waals surface area contributed by atoms with Gasteiger partial charge in [-0.3, -0.25) is 0 Å². The van der Waals surface area contributed by atoms with Gasteiger partial charge in [-0.1, -0.05) is 29.8 Å². The van der Waals surface area contributed by atoms with Gasteiger partial charge in [-0.15, -0.1) is 0 Å². The van der Waals surface area contributed by atoms with Crippen molar-refractivity contribution in [3.63, 3.8) is 0 Å². The molecule has 0 fully saturated rings. The molecule has 5 nitrogen and oxygen atoms in total. The van der Waals surface area contributed by atoms with Crippen LogP contribution in [0.15, 0.2) is 59.5 Å². The average molecular weight is 599 g/mol. The Morgan fingerprint density at radius 1 is 1.07 bits per heavy atom. The summed E-state index contributed by atoms with van der Waals surface area (Å²) in [5, 5.41) is 23.0. The van der Waals surface area contributed by atoms with E-state index in [9.17, 15) is 32.6 Å². The molecule has 11 heteroatoms. The molecule has 3 aromatic rings. The summed E-state index contributed by atoms with van der Waals surface area (Å²) in [6.45, 7) is 5.94. The number of benzene rings is 3. The number of aliphatic hydroxyl groups excluding tert-OH is 1. The second-order valence-electron chi connectivity index (χ2n) is 10.3. The van der Waals surface area contributed by atoms with Gasteiger partial charge in [0.05, 0.1) is 22.3 Å². The predicted octanol–water partition coefficient (Wildman–Crippen LogP) is 7.08. The monoisotopic (exact) mass is 598 g/mol. The lowest BCUT2D eigenvalue weighted by Gasteiger charge is -2.29. The number of aryl methyl sites for hydroxylation is 1. The third-order valence-electron chi connectivity index (χ3n) is 6.19. The zero-order chi connectivity index (χ0) is 29.8. The highest BCUT2D eigenvalue weighted by molar-refractivity contribution is 7.97. The van der Waals surface area contributed by atoms with Gasteiger partial charge < -0.3 is 15.5 Å². The van der Waals surface area contributed by atoms with Gasteiger partial charge in [0.15, 0.2) is 0 Å². The Hall–Kier alpha value is -2.63. The van der Waals surface area contributed by atoms with E-state index in [0.29, 0.717) is 17.5 Å². The number of halogens is 5. The van der Waals surface area contributed by atoms with Crippen molar-refractivity contribution in [1.82, 2.24) is 9.62 Å². The van der Waals surface area contributed by atoms with Crippen molar-refractivity contribution in [2.45, 2.75) is 49.9 Å². The van der Waals surface area contributed by atoms with Crippen molar-refractivity contribution in [2.24, 2.45) is 0 Å². The number of nitrogens with zero attached hydrogens (tertiary/aromatic N) is 1. The van der Waals surface area contributed by atoms with Crippen molar-refractivity contribution in [3.05, 3.63) is 87.7 Å². The molecule has 0 aliphatic carbocycles. The summed E-state index contributed by atoms with van der Waals surface area (Å²) in [5.41, 5.74) is 0.494. The Morgan fingerprint density at radius 2 is 1.77 bits per heavy atom. The number of nitrogens with one attached hydrogen (secondary N) is 1. The van der Waals surface area contributed by atoms with E-state index in [2.05, 4.69) is 5.32 Å². The number of hydrogen-bond donors (Lipinski definition) is 3. The topological polar surface area (TPSA) is 72.8 Å². The van der Waals surface area contributed by atoms with Crippen molar-refractivity contribution >= 4 is 29.5 Å². The Morgan fingerprint density at radius 3 is 2.38 bits per heavy atom. The maximum absolute atomic E-state index is 13.9. The molecule has 0 aromatic heterocycles. The van der Waals surface area contributed by atoms with Crippen molar-refractivity contribution < 1.29 is 32.6 Å². The van der Waals surface area contributed by atoms with Crippen LogP contribution in [0.1, 0.15) is 40.9 Å². The van der Waals surface area contributed by atoms with Gasteiger partial charge in [0.25, 0.3) is 0 Å². The number of carboxylic acid groups (broad SMARTS) is 1. The second-order valence-corrected chi connectivity index (χ2v) is 12.0. The molecule has 3 N–H and O–H groups in total. The van der Waals surface area contributed by atoms with Gasteiger partial charge in [-0.25, -0.2) is 13.5 Å². The fourth-order valence-electron chi connectivity index (χ4n) is 4.14. The first-order chi connectivity index (χ1) is 18.5. The number of β-amino-alcohol motifs (C(OH)–C–C–N with tert-alkyl or cyclic N) is 1. The van der Waals surface area contributed by atoms with Gasteiger partial charge in [0.1, 0.15) is 5.82 Å². The summed E-state index contributed by atoms with van der Waals surface area (Å²) >= 11 is 7.08. The standard InChI is InChI=1S/C29H31ClF4N2O3S/c1-17-5-6-18(9-26(17)31)14-28(2,3)35-15-22(37)16-36(4)40-23-11-20(10-21(13-23)29(32,33)34)19-7-8-24(27(38)39)25(30)12-19/h5-13,22,35,37H,14-16H2,1-4H3,(H,38,39)/t22-/m1/s1. The molecule has 0 heterocycles. The van der Waals surface area contributed by atoms with Gasteiger partial charge in [-0.2, -0.15) is 13.2 Å². The number of likely N-dealkylation sites (N-methyl/N-ethyl adjacent to an activating group) is 1. The third-order valence-corrected chi connectivity index (χ3v) is 7.41. The molecule has 0 amide bonds. The molecule has 0 unspecified atom stereocenters. The second kappa shape index (κ2) is 12.9. The van der Waals surface area contributed by atoms with Crippen LogP contribution in [0, 0.1) is 12.7 Å². The molecule has 0 saturated heterocycles. The summed E-state index contributed by atoms with van der Waals surface area (Å²) in [7, 11) is 1.66. The highest BCUT2D eigenvalue weighted by Crippen LogP contribution is 2.37. The maximum atomic E-state index is 13.9. The SMILES string of the molecule is Cc1ccc(CC(C)(C)NC[C@@H](O)CN(C)Sc2cc(-c3ccc(C(=O)O)c(Cl)c3)cc(C(F)(F)F)c2)cc1F. The molecule has 216 valence electrons. The van der Waals surface area contributed by atoms with Crippen LogP contribution in [0.25, 0.3) is 11.1 Å². The number of rotatable bonds is 11. The Bertz CT molecular complexity index is 1370. The smallest absolute Gasteiger partial charge is 0.416 e. The van der Waals surface area contributed by atoms with Crippen LogP contribution >= 0.6 is 23.5 Å². The molecular formula is C29H31ClF4N2O3S. The van der Waals surface area contributed by atoms with E-state index in [4.69, 9.17) is 11.6 Å². The van der Waals surface area contributed by atoms with Crippen LogP contribution in [0.2, 0.25) is 5.02 Å². The van der Waals surface area contributed by atoms with Gasteiger partial charge in [-0.05, 0) is 105 Å². The first kappa shape index (κ1) is 31.9. The zero-order valence-corrected chi connectivity index (χ0v) is 24.0. The molecule has 0 aliphatic heterocycles. The molecular weight excluding hydrogens is 568 g/mol. The van der Waals surface area contributed by atoms with E-state index in [-0.39, 0.29) is 40.0 Å². The van der Waals surface area contributed by atoms with Crippen molar-refractivity contribution in [2.75, 3.05) is 20.1 Å². The normalized spacial score (nSPS) is 13.1. The molecule has 1 atom stereocenters. The van der Waals surface area contributed by atoms with Crippen LogP contribution in [-0.4, -0.2) is 52.3 Å². The Kier molecular flexibility index (Phi) is 10.3. The fraction of sp³-hybridized carbons (Fsp3) is 0.345. The largest absolute Gasteiger partial charge is 0.478 e. The molecule has 0 aliphatic rings. The van der Waals surface area contributed by atoms with Gasteiger partial charge in [0, 0.05) is 23.5 Å². The molecule has 0 radical (unpaired) electrons. The third kappa shape index (κ3) is 8.94. The maximum Gasteiger partial charge on any atom is 0.416 e. The van der Waals surface area contributed by atoms with Crippen molar-refractivity contribution in [3.8, 4) is 11.1 Å². The summed E-state index contributed by atoms with van der Waals surface area (Å²) < 4.78 is 56.6. The molecule has 40 heavy (non-hydrogen) atoms. The molecule has 3 rings (SSSR count). The van der Waals surface area contributed by atoms with Crippen molar-refractivity contribution in [1.29, 1.82) is 0 Å². The summed E-state index contributed by atoms with van der Waals surface area (Å²) in [6.07, 6.45) is -4.91. The zero-order valence-electron chi connectivity index (χ0n) is 22.4. The van der Waals surface area contributed by atoms with E-state index >= 15 is 0 Å². The first-order valence-electron chi connectivity index (χ1n) is 12.4. The van der Waals surface area contributed by atoms with Crippen LogP contribution in [0.4, 0.5) is 17.6 Å². The highest BCUT2D eigenvalue weighted by atomic mass is 35.5. The van der Waals surface area contributed by atoms with Crippen LogP contribution in [0.5, 0.6) is 0 Å². The summed E-state index contributed by atoms with van der Waals surface area (Å²) in [6, 6.07) is 12.6. The predicted molar refractivity (Wildman–Crippen MR) is 150 cm³/mol. The van der Waals surface area contributed by atoms with Crippen LogP contribution in [-0.2, 0) is 12.6 Å². The molecule has 0 saturated carbocycles. The fourth-order valence-corrected chi connectivity index (χ4v) is 5.37. The lowest BCUT2D eigenvalue weighted by molar-refractivity contribution is -0.137. The number of aliphatic hydroxyl groups is 1. The molecule has 0 spiro atoms. The quantitative estimate of drug-likeness (QED) is 0.162. The highest BCUT2D eigenvalue weighted by Gasteiger charge is 2.31. The number of hydrogen-bond acceptors (Lipinski definition) is 5. The molecule has 3 aromatic carbocycles. The van der Waals surface area contributed by atoms with Crippen LogP contribution in [0.3, 0.4) is 0 Å². The van der Waals surface area contributed by atoms with E-state index in [1.165, 1.54) is 24.3 Å². The van der Waals surface area contributed by atoms with E-state index < -0.39 is 29.4 Å². The van der Waals surface area contributed by atoms with E-state index in [0.717, 1.165) is 29.6 Å². The first-order valence-corrected chi connectivity index (χ1v) is 13.5. The minimum absolute atomic E-state index is 0.0835. The number of carboxylic acids is 1. The van der Waals surface area contributed by atoms with Crippen LogP contribution < -0.4 is 5.32 Å². The Balaban J connectivity index is 1.68. The lowest BCUT2D eigenvalue weighted by atomic mass is 9.94. The van der Waals surface area contributed by atoms with Gasteiger partial charge >= 0.3 is 12.1 Å². The number of aromatic carboxylic acids is 1. The minimum Gasteiger partial charge on any atom is -0.478 e. The lowest BCUT2D eigenvalue weighted by Crippen LogP contribution is -2.46. The van der Waals surface area contributed by atoms with E-state index in [1.807, 2.05) is 19.9 Å². The minimum atomic E-state index is -4.61. The van der Waals surface area contributed by atoms with Gasteiger partial charge in [0.2, 0.25) is 0 Å². The number of alkyl halides is 3. The Labute approximate surface area is 240 Å². The molecule has 0 bridgehead atoms. The summed E-state index contributed by atoms with van der Waals surface area (Å²) in [5.74, 6) is -1.51.